The summed E-state index contributed by atoms with van der Waals surface area (Å²) in [5.41, 5.74) is 0. The van der Waals surface area contributed by atoms with Crippen molar-refractivity contribution in [2.24, 2.45) is 0 Å². The summed E-state index contributed by atoms with van der Waals surface area (Å²) in [5.74, 6) is -0.813. The molecular weight excluding hydrogens is 1170 g/mol. The van der Waals surface area contributed by atoms with Crippen LogP contribution in [-0.2, 0) is 32.7 Å². The van der Waals surface area contributed by atoms with E-state index in [4.69, 9.17) is 18.5 Å². The maximum Gasteiger partial charge on any atom is 0.306 e. The number of likely N-dealkylation sites (N-methyl/N-ethyl adjacent to an activating group) is 1. The minimum atomic E-state index is -4.65. The van der Waals surface area contributed by atoms with Crippen molar-refractivity contribution in [1.29, 1.82) is 0 Å². The van der Waals surface area contributed by atoms with Crippen LogP contribution in [0.1, 0.15) is 406 Å². The minimum Gasteiger partial charge on any atom is -0.756 e. The summed E-state index contributed by atoms with van der Waals surface area (Å²) in [7, 11) is 1.18. The fraction of sp³-hybridized carbons (Fsp3) is 0.855. The molecule has 0 aromatic carbocycles. The third-order valence-electron chi connectivity index (χ3n) is 18.3. The average Bonchev–Trinajstić information content (AvgIpc) is 2.02. The smallest absolute Gasteiger partial charge is 0.306 e. The number of phosphoric acid groups is 1. The van der Waals surface area contributed by atoms with E-state index in [1.54, 1.807) is 0 Å². The van der Waals surface area contributed by atoms with Crippen molar-refractivity contribution in [3.8, 4) is 0 Å². The Bertz CT molecular complexity index is 1750. The predicted octanol–water partition coefficient (Wildman–Crippen LogP) is 26.3. The van der Waals surface area contributed by atoms with Gasteiger partial charge in [0.1, 0.15) is 19.8 Å². The number of esters is 2. The van der Waals surface area contributed by atoms with Crippen LogP contribution in [0.2, 0.25) is 0 Å². The van der Waals surface area contributed by atoms with E-state index in [1.807, 2.05) is 21.1 Å². The molecule has 0 heterocycles. The molecule has 0 spiro atoms. The van der Waals surface area contributed by atoms with Gasteiger partial charge in [0.15, 0.2) is 6.10 Å². The van der Waals surface area contributed by atoms with Crippen LogP contribution in [0.25, 0.3) is 0 Å². The number of hydrogen-bond donors (Lipinski definition) is 0. The SMILES string of the molecule is CC/C=C\C/C=C\C/C=C\C/C=C\C/C=C\CCCCCCCCCCCCCCCCCC(=O)OC(COC(=O)CCCCCCCCCCCCCCCCCCCCCCCCCCCCCCCCCCCCCCCC)COP(=O)([O-])OCC[N+](C)(C)C. The van der Waals surface area contributed by atoms with Crippen LogP contribution >= 0.6 is 7.82 Å². The molecule has 0 rings (SSSR count). The quantitative estimate of drug-likeness (QED) is 0.0195. The van der Waals surface area contributed by atoms with E-state index in [0.717, 1.165) is 70.6 Å². The monoisotopic (exact) mass is 1330 g/mol. The van der Waals surface area contributed by atoms with Crippen LogP contribution in [0, 0.1) is 0 Å². The lowest BCUT2D eigenvalue weighted by Crippen LogP contribution is -2.37. The average molecular weight is 1330 g/mol. The topological polar surface area (TPSA) is 111 Å². The second-order valence-corrected chi connectivity index (χ2v) is 30.2. The molecule has 0 bridgehead atoms. The summed E-state index contributed by atoms with van der Waals surface area (Å²) in [6.07, 6.45) is 99.3. The lowest BCUT2D eigenvalue weighted by atomic mass is 10.0. The molecule has 0 aromatic heterocycles. The summed E-state index contributed by atoms with van der Waals surface area (Å²) in [4.78, 5) is 38.2. The van der Waals surface area contributed by atoms with Gasteiger partial charge in [-0.15, -0.1) is 0 Å². The highest BCUT2D eigenvalue weighted by atomic mass is 31.2. The molecule has 2 unspecified atom stereocenters. The fourth-order valence-corrected chi connectivity index (χ4v) is 12.9. The molecule has 0 saturated heterocycles. The third-order valence-corrected chi connectivity index (χ3v) is 19.3. The van der Waals surface area contributed by atoms with Crippen molar-refractivity contribution in [3.63, 3.8) is 0 Å². The maximum atomic E-state index is 12.9. The molecular formula is C83H156NO8P. The number of carbonyl (C=O) groups excluding carboxylic acids is 2. The Morgan fingerprint density at radius 2 is 0.613 bits per heavy atom. The zero-order valence-corrected chi connectivity index (χ0v) is 63.4. The Morgan fingerprint density at radius 3 is 0.914 bits per heavy atom. The molecule has 0 aromatic rings. The van der Waals surface area contributed by atoms with E-state index < -0.39 is 26.5 Å². The van der Waals surface area contributed by atoms with Crippen LogP contribution in [0.5, 0.6) is 0 Å². The first kappa shape index (κ1) is 90.7. The summed E-state index contributed by atoms with van der Waals surface area (Å²) >= 11 is 0. The van der Waals surface area contributed by atoms with Gasteiger partial charge < -0.3 is 27.9 Å². The molecule has 93 heavy (non-hydrogen) atoms. The Balaban J connectivity index is 3.90. The molecule has 546 valence electrons. The van der Waals surface area contributed by atoms with Gasteiger partial charge in [-0.3, -0.25) is 14.2 Å². The molecule has 0 aliphatic rings. The molecule has 2 atom stereocenters. The maximum absolute atomic E-state index is 12.9. The molecule has 0 saturated carbocycles. The third kappa shape index (κ3) is 78.6. The van der Waals surface area contributed by atoms with Gasteiger partial charge in [0.05, 0.1) is 27.7 Å². The van der Waals surface area contributed by atoms with E-state index >= 15 is 0 Å². The normalized spacial score (nSPS) is 13.3. The van der Waals surface area contributed by atoms with Gasteiger partial charge >= 0.3 is 11.9 Å². The van der Waals surface area contributed by atoms with Gasteiger partial charge in [0, 0.05) is 12.8 Å². The van der Waals surface area contributed by atoms with Gasteiger partial charge in [-0.25, -0.2) is 0 Å². The van der Waals surface area contributed by atoms with E-state index in [9.17, 15) is 19.0 Å². The number of unbranched alkanes of at least 4 members (excludes halogenated alkanes) is 52. The van der Waals surface area contributed by atoms with Gasteiger partial charge in [-0.2, -0.15) is 0 Å². The summed E-state index contributed by atoms with van der Waals surface area (Å²) in [5, 5.41) is 0. The standard InChI is InChI=1S/C83H156NO8P/c1-6-8-10-12-14-16-18-20-22-24-26-28-30-32-34-36-38-39-40-41-42-43-44-46-47-49-51-53-55-57-59-61-63-65-67-69-71-73-75-82(85)89-79-81(80-91-93(87,88)90-78-77-84(3,4)5)92-83(86)76-74-72-70-68-66-64-62-60-58-56-54-52-50-48-45-37-35-33-31-29-27-25-23-21-19-17-15-13-11-9-7-2/h9,11,15,17,21,23,27,29,33,35,81H,6-8,10,12-14,16,18-20,22,24-26,28,30-32,34,36-80H2,1-5H3/b11-9-,17-15-,23-21-,29-27-,35-33-. The Kier molecular flexibility index (Phi) is 72.1. The molecule has 0 aliphatic carbocycles. The Hall–Kier alpha value is -2.29. The first-order chi connectivity index (χ1) is 45.5. The fourth-order valence-electron chi connectivity index (χ4n) is 12.2. The van der Waals surface area contributed by atoms with Crippen molar-refractivity contribution < 1.29 is 42.1 Å². The van der Waals surface area contributed by atoms with E-state index in [2.05, 4.69) is 74.6 Å². The van der Waals surface area contributed by atoms with Gasteiger partial charge in [-0.05, 0) is 57.8 Å². The second kappa shape index (κ2) is 73.9. The number of hydrogen-bond acceptors (Lipinski definition) is 8. The van der Waals surface area contributed by atoms with Gasteiger partial charge in [-0.1, -0.05) is 396 Å². The number of quaternary nitrogens is 1. The highest BCUT2D eigenvalue weighted by Gasteiger charge is 2.22. The zero-order chi connectivity index (χ0) is 67.6. The van der Waals surface area contributed by atoms with Crippen molar-refractivity contribution in [2.75, 3.05) is 47.5 Å². The summed E-state index contributed by atoms with van der Waals surface area (Å²) in [6, 6.07) is 0. The highest BCUT2D eigenvalue weighted by Crippen LogP contribution is 2.38. The molecule has 10 heteroatoms. The molecule has 9 nitrogen and oxygen atoms in total. The summed E-state index contributed by atoms with van der Waals surface area (Å²) < 4.78 is 34.4. The van der Waals surface area contributed by atoms with Crippen LogP contribution in [-0.4, -0.2) is 70.0 Å². The number of phosphoric ester groups is 1. The molecule has 0 N–H and O–H groups in total. The predicted molar refractivity (Wildman–Crippen MR) is 402 cm³/mol. The molecule has 0 amide bonds. The van der Waals surface area contributed by atoms with E-state index in [-0.39, 0.29) is 32.0 Å². The highest BCUT2D eigenvalue weighted by molar-refractivity contribution is 7.45. The Labute approximate surface area is 578 Å². The molecule has 0 aliphatic heterocycles. The van der Waals surface area contributed by atoms with Crippen LogP contribution in [0.4, 0.5) is 0 Å². The largest absolute Gasteiger partial charge is 0.756 e. The second-order valence-electron chi connectivity index (χ2n) is 28.8. The van der Waals surface area contributed by atoms with Crippen molar-refractivity contribution >= 4 is 19.8 Å². The first-order valence-electron chi connectivity index (χ1n) is 40.5. The number of allylic oxidation sites excluding steroid dienone is 10. The number of rotatable bonds is 76. The molecule has 0 fully saturated rings. The van der Waals surface area contributed by atoms with E-state index in [1.165, 1.54) is 302 Å². The van der Waals surface area contributed by atoms with E-state index in [0.29, 0.717) is 17.4 Å². The van der Waals surface area contributed by atoms with Crippen LogP contribution in [0.15, 0.2) is 60.8 Å². The lowest BCUT2D eigenvalue weighted by Gasteiger charge is -2.28. The Morgan fingerprint density at radius 1 is 0.344 bits per heavy atom. The van der Waals surface area contributed by atoms with Crippen molar-refractivity contribution in [3.05, 3.63) is 60.8 Å². The number of ether oxygens (including phenoxy) is 2. The number of carbonyl (C=O) groups is 2. The minimum absolute atomic E-state index is 0.0296. The summed E-state index contributed by atoms with van der Waals surface area (Å²) in [6.45, 7) is 4.20. The zero-order valence-electron chi connectivity index (χ0n) is 62.5. The van der Waals surface area contributed by atoms with Crippen LogP contribution in [0.3, 0.4) is 0 Å². The van der Waals surface area contributed by atoms with Gasteiger partial charge in [0.2, 0.25) is 0 Å². The van der Waals surface area contributed by atoms with Gasteiger partial charge in [0.25, 0.3) is 7.82 Å². The van der Waals surface area contributed by atoms with Crippen molar-refractivity contribution in [1.82, 2.24) is 0 Å². The van der Waals surface area contributed by atoms with Crippen molar-refractivity contribution in [2.45, 2.75) is 412 Å². The number of nitrogens with zero attached hydrogens (tertiary/aromatic N) is 1. The first-order valence-corrected chi connectivity index (χ1v) is 42.0. The van der Waals surface area contributed by atoms with Crippen LogP contribution < -0.4 is 4.89 Å². The lowest BCUT2D eigenvalue weighted by molar-refractivity contribution is -0.870. The molecule has 0 radical (unpaired) electrons.